The minimum atomic E-state index is -1.37. The van der Waals surface area contributed by atoms with Crippen molar-refractivity contribution in [3.05, 3.63) is 47.8 Å². The smallest absolute Gasteiger partial charge is 0.338 e. The van der Waals surface area contributed by atoms with Crippen molar-refractivity contribution in [1.29, 1.82) is 0 Å². The summed E-state index contributed by atoms with van der Waals surface area (Å²) >= 11 is 0. The summed E-state index contributed by atoms with van der Waals surface area (Å²) in [5.41, 5.74) is 4.41. The number of nitrogens with two attached hydrogens (primary N) is 1. The fourth-order valence-electron chi connectivity index (χ4n) is 4.89. The third-order valence-electron chi connectivity index (χ3n) is 7.09. The van der Waals surface area contributed by atoms with Crippen LogP contribution in [0.15, 0.2) is 30.6 Å². The molecule has 3 heterocycles. The molecule has 1 saturated heterocycles. The molecule has 3 aromatic rings. The lowest BCUT2D eigenvalue weighted by molar-refractivity contribution is -0.145. The first-order chi connectivity index (χ1) is 17.8. The van der Waals surface area contributed by atoms with Gasteiger partial charge in [0.2, 0.25) is 0 Å². The van der Waals surface area contributed by atoms with Gasteiger partial charge in [-0.25, -0.2) is 9.78 Å². The van der Waals surface area contributed by atoms with Gasteiger partial charge in [-0.2, -0.15) is 14.4 Å². The number of ether oxygens (including phenoxy) is 3. The summed E-state index contributed by atoms with van der Waals surface area (Å²) in [5, 5.41) is 11.3. The van der Waals surface area contributed by atoms with Gasteiger partial charge in [-0.05, 0) is 12.5 Å². The van der Waals surface area contributed by atoms with Crippen LogP contribution in [-0.4, -0.2) is 61.0 Å². The molecule has 1 aliphatic carbocycles. The minimum Gasteiger partial charge on any atom is -0.461 e. The summed E-state index contributed by atoms with van der Waals surface area (Å²) in [7, 11) is 0. The fraction of sp³-hybridized carbons (Fsp3) is 0.480. The molecule has 3 N–H and O–H groups in total. The molecule has 1 saturated carbocycles. The van der Waals surface area contributed by atoms with Crippen LogP contribution >= 0.6 is 0 Å². The molecule has 3 atom stereocenters. The van der Waals surface area contributed by atoms with E-state index in [1.165, 1.54) is 10.9 Å². The van der Waals surface area contributed by atoms with Gasteiger partial charge in [0.25, 0.3) is 0 Å². The van der Waals surface area contributed by atoms with E-state index in [2.05, 4.69) is 21.9 Å². The molecule has 0 spiro atoms. The Morgan fingerprint density at radius 3 is 2.86 bits per heavy atom. The number of esters is 2. The Hall–Kier alpha value is -3.64. The predicted molar refractivity (Wildman–Crippen MR) is 128 cm³/mol. The average molecular weight is 514 g/mol. The lowest BCUT2D eigenvalue weighted by Crippen LogP contribution is -2.32. The van der Waals surface area contributed by atoms with Crippen LogP contribution in [0.3, 0.4) is 0 Å². The number of nitrogen functional groups attached to an aromatic ring is 1. The van der Waals surface area contributed by atoms with Gasteiger partial charge >= 0.3 is 18.0 Å². The van der Waals surface area contributed by atoms with E-state index in [1.54, 1.807) is 24.3 Å². The van der Waals surface area contributed by atoms with Crippen molar-refractivity contribution in [2.75, 3.05) is 18.9 Å². The van der Waals surface area contributed by atoms with Gasteiger partial charge < -0.3 is 29.6 Å². The summed E-state index contributed by atoms with van der Waals surface area (Å²) in [5.74, 6) is -1.04. The number of halogens is 1. The Balaban J connectivity index is 1.24. The number of aliphatic hydroxyl groups is 1. The van der Waals surface area contributed by atoms with Crippen LogP contribution < -0.4 is 5.73 Å². The number of hydrogen-bond donors (Lipinski definition) is 2. The van der Waals surface area contributed by atoms with Crippen LogP contribution in [0.5, 0.6) is 0 Å². The van der Waals surface area contributed by atoms with Gasteiger partial charge in [0.05, 0.1) is 24.5 Å². The van der Waals surface area contributed by atoms with Crippen molar-refractivity contribution in [1.82, 2.24) is 19.5 Å². The lowest BCUT2D eigenvalue weighted by Gasteiger charge is -2.19. The Morgan fingerprint density at radius 2 is 2.08 bits per heavy atom. The summed E-state index contributed by atoms with van der Waals surface area (Å²) in [4.78, 5) is 36.3. The van der Waals surface area contributed by atoms with Gasteiger partial charge in [0, 0.05) is 18.4 Å². The molecule has 1 aromatic carbocycles. The summed E-state index contributed by atoms with van der Waals surface area (Å²) in [6.07, 6.45) is 3.65. The number of carbonyl (C=O) groups excluding carboxylic acids is 2. The van der Waals surface area contributed by atoms with E-state index in [0.717, 1.165) is 19.3 Å². The van der Waals surface area contributed by atoms with Crippen LogP contribution in [-0.2, 0) is 25.6 Å². The average Bonchev–Trinajstić information content (AvgIpc) is 3.12. The summed E-state index contributed by atoms with van der Waals surface area (Å²) < 4.78 is 32.0. The maximum atomic E-state index is 13.8. The third-order valence-corrected chi connectivity index (χ3v) is 7.09. The molecular weight excluding hydrogens is 485 g/mol. The number of hydrogen-bond acceptors (Lipinski definition) is 10. The van der Waals surface area contributed by atoms with E-state index in [0.29, 0.717) is 12.0 Å². The number of aromatic nitrogens is 4. The molecule has 2 fully saturated rings. The van der Waals surface area contributed by atoms with Gasteiger partial charge in [-0.3, -0.25) is 4.79 Å². The molecule has 37 heavy (non-hydrogen) atoms. The van der Waals surface area contributed by atoms with E-state index < -0.39 is 29.3 Å². The molecule has 196 valence electrons. The zero-order valence-corrected chi connectivity index (χ0v) is 20.4. The Kier molecular flexibility index (Phi) is 6.54. The molecule has 2 aromatic heterocycles. The molecule has 1 unspecified atom stereocenters. The highest BCUT2D eigenvalue weighted by Gasteiger charge is 2.77. The summed E-state index contributed by atoms with van der Waals surface area (Å²) in [6.45, 7) is 1.90. The molecule has 0 amide bonds. The van der Waals surface area contributed by atoms with Crippen molar-refractivity contribution in [2.45, 2.75) is 62.9 Å². The quantitative estimate of drug-likeness (QED) is 0.235. The highest BCUT2D eigenvalue weighted by Crippen LogP contribution is 2.62. The molecule has 2 aliphatic rings. The zero-order chi connectivity index (χ0) is 26.2. The SMILES string of the molecule is CCCCCC(=O)OCc1ccccc1C(=O)OC[C@]12C[C@]1(O)C(n1cnc3c(N)nc(F)nc31)CO2. The van der Waals surface area contributed by atoms with Gasteiger partial charge in [0.15, 0.2) is 11.5 Å². The number of rotatable bonds is 10. The number of unbranched alkanes of at least 4 members (excludes halogenated alkanes) is 2. The van der Waals surface area contributed by atoms with Crippen molar-refractivity contribution in [3.8, 4) is 0 Å². The predicted octanol–water partition coefficient (Wildman–Crippen LogP) is 2.47. The second-order valence-electron chi connectivity index (χ2n) is 9.48. The Bertz CT molecular complexity index is 1340. The third kappa shape index (κ3) is 4.51. The monoisotopic (exact) mass is 513 g/mol. The van der Waals surface area contributed by atoms with Gasteiger partial charge in [-0.15, -0.1) is 0 Å². The number of nitrogens with zero attached hydrogens (tertiary/aromatic N) is 4. The summed E-state index contributed by atoms with van der Waals surface area (Å²) in [6, 6.07) is 6.08. The molecule has 0 bridgehead atoms. The second-order valence-corrected chi connectivity index (χ2v) is 9.48. The standard InChI is InChI=1S/C25H28FN5O6/c1-2-3-4-9-18(32)35-10-15-7-5-6-8-16(15)22(33)36-13-24-12-25(24,34)17(11-37-24)31-14-28-19-20(27)29-23(26)30-21(19)31/h5-8,14,17,34H,2-4,9-13H2,1H3,(H2,27,29,30)/t17?,24-,25+/m1/s1. The minimum absolute atomic E-state index is 0.0425. The number of carbonyl (C=O) groups is 2. The highest BCUT2D eigenvalue weighted by atomic mass is 19.1. The molecule has 5 rings (SSSR count). The first-order valence-corrected chi connectivity index (χ1v) is 12.2. The van der Waals surface area contributed by atoms with Crippen LogP contribution in [0.25, 0.3) is 11.2 Å². The van der Waals surface area contributed by atoms with E-state index in [-0.39, 0.29) is 54.8 Å². The number of anilines is 1. The van der Waals surface area contributed by atoms with Gasteiger partial charge in [-0.1, -0.05) is 38.0 Å². The number of imidazole rings is 1. The maximum absolute atomic E-state index is 13.8. The first-order valence-electron chi connectivity index (χ1n) is 12.2. The molecule has 0 radical (unpaired) electrons. The number of fused-ring (bicyclic) bond motifs is 2. The number of benzene rings is 1. The van der Waals surface area contributed by atoms with Crippen LogP contribution in [0.1, 0.15) is 61.0 Å². The second kappa shape index (κ2) is 9.67. The maximum Gasteiger partial charge on any atom is 0.338 e. The topological polar surface area (TPSA) is 152 Å². The highest BCUT2D eigenvalue weighted by molar-refractivity contribution is 5.91. The van der Waals surface area contributed by atoms with Crippen molar-refractivity contribution in [2.24, 2.45) is 0 Å². The molecule has 1 aliphatic heterocycles. The zero-order valence-electron chi connectivity index (χ0n) is 20.4. The Morgan fingerprint density at radius 1 is 1.27 bits per heavy atom. The van der Waals surface area contributed by atoms with E-state index >= 15 is 0 Å². The van der Waals surface area contributed by atoms with Crippen molar-refractivity contribution in [3.63, 3.8) is 0 Å². The molecular formula is C25H28FN5O6. The largest absolute Gasteiger partial charge is 0.461 e. The molecule has 11 nitrogen and oxygen atoms in total. The van der Waals surface area contributed by atoms with E-state index in [1.807, 2.05) is 0 Å². The first kappa shape index (κ1) is 25.0. The van der Waals surface area contributed by atoms with Crippen LogP contribution in [0.2, 0.25) is 0 Å². The van der Waals surface area contributed by atoms with Crippen LogP contribution in [0.4, 0.5) is 10.2 Å². The van der Waals surface area contributed by atoms with Crippen molar-refractivity contribution < 1.29 is 33.3 Å². The van der Waals surface area contributed by atoms with Crippen LogP contribution in [0, 0.1) is 6.08 Å². The van der Waals surface area contributed by atoms with E-state index in [9.17, 15) is 19.1 Å². The fourth-order valence-corrected chi connectivity index (χ4v) is 4.89. The normalized spacial score (nSPS) is 24.1. The Labute approximate surface area is 211 Å². The van der Waals surface area contributed by atoms with Crippen molar-refractivity contribution >= 4 is 28.9 Å². The van der Waals surface area contributed by atoms with E-state index in [4.69, 9.17) is 19.9 Å². The lowest BCUT2D eigenvalue weighted by atomic mass is 10.1. The molecule has 12 heteroatoms. The van der Waals surface area contributed by atoms with Gasteiger partial charge in [0.1, 0.15) is 29.9 Å².